The van der Waals surface area contributed by atoms with Crippen LogP contribution in [0.5, 0.6) is 11.5 Å². The van der Waals surface area contributed by atoms with Gasteiger partial charge in [0.05, 0.1) is 13.7 Å². The molecule has 6 heteroatoms. The van der Waals surface area contributed by atoms with E-state index in [2.05, 4.69) is 25.5 Å². The summed E-state index contributed by atoms with van der Waals surface area (Å²) >= 11 is 0. The van der Waals surface area contributed by atoms with Crippen LogP contribution >= 0.6 is 0 Å². The van der Waals surface area contributed by atoms with E-state index in [-0.39, 0.29) is 17.4 Å². The first-order valence-electron chi connectivity index (χ1n) is 11.0. The van der Waals surface area contributed by atoms with Crippen molar-refractivity contribution in [3.8, 4) is 11.5 Å². The van der Waals surface area contributed by atoms with E-state index in [0.29, 0.717) is 17.4 Å². The highest BCUT2D eigenvalue weighted by molar-refractivity contribution is 5.64. The zero-order chi connectivity index (χ0) is 23.4. The van der Waals surface area contributed by atoms with Crippen molar-refractivity contribution in [1.82, 2.24) is 0 Å². The maximum atomic E-state index is 11.6. The lowest BCUT2D eigenvalue weighted by atomic mass is 9.56. The summed E-state index contributed by atoms with van der Waals surface area (Å²) in [4.78, 5) is 23.1. The van der Waals surface area contributed by atoms with Gasteiger partial charge >= 0.3 is 12.3 Å². The number of carbonyl (C=O) groups is 2. The van der Waals surface area contributed by atoms with E-state index < -0.39 is 12.3 Å². The van der Waals surface area contributed by atoms with Crippen molar-refractivity contribution in [2.24, 2.45) is 11.3 Å². The molecule has 2 unspecified atom stereocenters. The molecule has 6 nitrogen and oxygen atoms in total. The molecule has 1 fully saturated rings. The van der Waals surface area contributed by atoms with Crippen molar-refractivity contribution in [2.75, 3.05) is 13.7 Å². The Kier molecular flexibility index (Phi) is 7.12. The monoisotopic (exact) mass is 440 g/mol. The third-order valence-electron chi connectivity index (χ3n) is 6.83. The fourth-order valence-corrected chi connectivity index (χ4v) is 4.44. The van der Waals surface area contributed by atoms with E-state index in [1.807, 2.05) is 36.4 Å². The van der Waals surface area contributed by atoms with Gasteiger partial charge in [-0.25, -0.2) is 9.59 Å². The van der Waals surface area contributed by atoms with E-state index in [4.69, 9.17) is 14.2 Å². The van der Waals surface area contributed by atoms with Crippen LogP contribution in [0.1, 0.15) is 58.1 Å². The summed E-state index contributed by atoms with van der Waals surface area (Å²) < 4.78 is 19.8. The minimum absolute atomic E-state index is 0.193. The van der Waals surface area contributed by atoms with Gasteiger partial charge in [0, 0.05) is 5.41 Å². The first kappa shape index (κ1) is 23.6. The van der Waals surface area contributed by atoms with Gasteiger partial charge in [0.1, 0.15) is 11.5 Å². The highest BCUT2D eigenvalue weighted by Crippen LogP contribution is 2.53. The average Bonchev–Trinajstić information content (AvgIpc) is 2.77. The van der Waals surface area contributed by atoms with Gasteiger partial charge in [-0.2, -0.15) is 0 Å². The number of rotatable bonds is 5. The predicted octanol–water partition coefficient (Wildman–Crippen LogP) is 6.50. The third-order valence-corrected chi connectivity index (χ3v) is 6.83. The van der Waals surface area contributed by atoms with Crippen LogP contribution in [0.25, 0.3) is 0 Å². The molecule has 2 atom stereocenters. The molecule has 0 aromatic heterocycles. The molecule has 0 aliphatic heterocycles. The van der Waals surface area contributed by atoms with E-state index >= 15 is 0 Å². The molecular weight excluding hydrogens is 408 g/mol. The van der Waals surface area contributed by atoms with E-state index in [9.17, 15) is 9.59 Å². The van der Waals surface area contributed by atoms with Crippen molar-refractivity contribution in [2.45, 2.75) is 52.4 Å². The molecule has 172 valence electrons. The van der Waals surface area contributed by atoms with Gasteiger partial charge in [0.15, 0.2) is 0 Å². The molecule has 0 bridgehead atoms. The highest BCUT2D eigenvalue weighted by Gasteiger charge is 2.44. The van der Waals surface area contributed by atoms with Crippen LogP contribution in [0.2, 0.25) is 0 Å². The fraction of sp³-hybridized carbons (Fsp3) is 0.462. The molecule has 0 radical (unpaired) electrons. The Bertz CT molecular complexity index is 932. The zero-order valence-corrected chi connectivity index (χ0v) is 19.5. The first-order valence-corrected chi connectivity index (χ1v) is 11.0. The minimum Gasteiger partial charge on any atom is -0.437 e. The first-order chi connectivity index (χ1) is 15.2. The molecule has 2 aromatic carbocycles. The molecule has 2 aromatic rings. The Morgan fingerprint density at radius 1 is 0.875 bits per heavy atom. The lowest BCUT2D eigenvalue weighted by Gasteiger charge is -2.48. The number of methoxy groups -OCH3 is 1. The standard InChI is InChI=1S/C26H32O6/c1-6-30-24(28)32-22-13-9-20(10-14-22)26(16-15-25(3,4)18(2)17-26)19-7-11-21(12-8-19)31-23(27)29-5/h7-14,18H,6,15-17H2,1-5H3. The van der Waals surface area contributed by atoms with Gasteiger partial charge in [-0.1, -0.05) is 45.0 Å². The summed E-state index contributed by atoms with van der Waals surface area (Å²) in [6.45, 7) is 8.96. The van der Waals surface area contributed by atoms with Crippen LogP contribution in [0.3, 0.4) is 0 Å². The summed E-state index contributed by atoms with van der Waals surface area (Å²) in [5.74, 6) is 1.39. The van der Waals surface area contributed by atoms with E-state index in [1.165, 1.54) is 7.11 Å². The topological polar surface area (TPSA) is 71.1 Å². The average molecular weight is 441 g/mol. The van der Waals surface area contributed by atoms with Gasteiger partial charge in [-0.3, -0.25) is 0 Å². The summed E-state index contributed by atoms with van der Waals surface area (Å²) in [6.07, 6.45) is 1.60. The van der Waals surface area contributed by atoms with Gasteiger partial charge < -0.3 is 18.9 Å². The second kappa shape index (κ2) is 9.63. The maximum Gasteiger partial charge on any atom is 0.513 e. The van der Waals surface area contributed by atoms with Crippen molar-refractivity contribution in [3.63, 3.8) is 0 Å². The normalized spacial score (nSPS) is 22.0. The number of benzene rings is 2. The molecule has 1 saturated carbocycles. The largest absolute Gasteiger partial charge is 0.513 e. The smallest absolute Gasteiger partial charge is 0.437 e. The minimum atomic E-state index is -0.738. The van der Waals surface area contributed by atoms with Crippen molar-refractivity contribution in [1.29, 1.82) is 0 Å². The molecule has 0 heterocycles. The van der Waals surface area contributed by atoms with Crippen LogP contribution in [0, 0.1) is 11.3 Å². The maximum absolute atomic E-state index is 11.6. The van der Waals surface area contributed by atoms with Gasteiger partial charge in [-0.15, -0.1) is 0 Å². The number of ether oxygens (including phenoxy) is 4. The van der Waals surface area contributed by atoms with Gasteiger partial charge in [0.25, 0.3) is 0 Å². The molecule has 3 rings (SSSR count). The van der Waals surface area contributed by atoms with Crippen molar-refractivity contribution >= 4 is 12.3 Å². The predicted molar refractivity (Wildman–Crippen MR) is 121 cm³/mol. The summed E-state index contributed by atoms with van der Waals surface area (Å²) in [5, 5.41) is 0. The Balaban J connectivity index is 1.94. The third kappa shape index (κ3) is 5.06. The molecule has 0 amide bonds. The van der Waals surface area contributed by atoms with Crippen LogP contribution in [0.15, 0.2) is 48.5 Å². The van der Waals surface area contributed by atoms with Crippen molar-refractivity contribution < 1.29 is 28.5 Å². The van der Waals surface area contributed by atoms with Crippen molar-refractivity contribution in [3.05, 3.63) is 59.7 Å². The molecule has 0 spiro atoms. The Morgan fingerprint density at radius 2 is 1.38 bits per heavy atom. The number of carbonyl (C=O) groups excluding carboxylic acids is 2. The number of hydrogen-bond donors (Lipinski definition) is 0. The fourth-order valence-electron chi connectivity index (χ4n) is 4.44. The van der Waals surface area contributed by atoms with Crippen LogP contribution < -0.4 is 9.47 Å². The molecular formula is C26H32O6. The molecule has 0 saturated heterocycles. The second-order valence-corrected chi connectivity index (χ2v) is 9.07. The van der Waals surface area contributed by atoms with Crippen LogP contribution in [-0.4, -0.2) is 26.0 Å². The number of hydrogen-bond acceptors (Lipinski definition) is 6. The SMILES string of the molecule is CCOC(=O)Oc1ccc(C2(c3ccc(OC(=O)OC)cc3)CCC(C)(C)C(C)C2)cc1. The second-order valence-electron chi connectivity index (χ2n) is 9.07. The van der Waals surface area contributed by atoms with E-state index in [1.54, 1.807) is 19.1 Å². The lowest BCUT2D eigenvalue weighted by Crippen LogP contribution is -2.41. The lowest BCUT2D eigenvalue weighted by molar-refractivity contribution is 0.104. The molecule has 32 heavy (non-hydrogen) atoms. The molecule has 1 aliphatic carbocycles. The van der Waals surface area contributed by atoms with Crippen LogP contribution in [-0.2, 0) is 14.9 Å². The summed E-state index contributed by atoms with van der Waals surface area (Å²) in [5.41, 5.74) is 2.39. The Labute approximate surface area is 189 Å². The van der Waals surface area contributed by atoms with E-state index in [0.717, 1.165) is 30.4 Å². The molecule has 1 aliphatic rings. The van der Waals surface area contributed by atoms with Gasteiger partial charge in [-0.05, 0) is 72.9 Å². The van der Waals surface area contributed by atoms with Crippen LogP contribution in [0.4, 0.5) is 9.59 Å². The summed E-state index contributed by atoms with van der Waals surface area (Å²) in [6, 6.07) is 15.3. The zero-order valence-electron chi connectivity index (χ0n) is 19.5. The molecule has 0 N–H and O–H groups in total. The van der Waals surface area contributed by atoms with Gasteiger partial charge in [0.2, 0.25) is 0 Å². The highest BCUT2D eigenvalue weighted by atomic mass is 16.7. The quantitative estimate of drug-likeness (QED) is 0.390. The summed E-state index contributed by atoms with van der Waals surface area (Å²) in [7, 11) is 1.28. The Hall–Kier alpha value is -3.02. The Morgan fingerprint density at radius 3 is 1.81 bits per heavy atom.